The molecular formula is C14H16BrNO. The summed E-state index contributed by atoms with van der Waals surface area (Å²) in [5.41, 5.74) is 3.52. The van der Waals surface area contributed by atoms with Gasteiger partial charge in [-0.3, -0.25) is 4.98 Å². The first-order valence-corrected chi connectivity index (χ1v) is 6.74. The van der Waals surface area contributed by atoms with Crippen LogP contribution in [0, 0.1) is 6.92 Å². The highest BCUT2D eigenvalue weighted by Gasteiger charge is 2.15. The summed E-state index contributed by atoms with van der Waals surface area (Å²) in [6.07, 6.45) is 5.47. The fraction of sp³-hybridized carbons (Fsp3) is 0.357. The van der Waals surface area contributed by atoms with Gasteiger partial charge in [-0.15, -0.1) is 0 Å². The molecule has 0 aromatic carbocycles. The molecule has 1 unspecified atom stereocenters. The van der Waals surface area contributed by atoms with Gasteiger partial charge in [-0.2, -0.15) is 0 Å². The van der Waals surface area contributed by atoms with Gasteiger partial charge < -0.3 is 4.42 Å². The molecule has 0 radical (unpaired) electrons. The molecule has 2 nitrogen and oxygen atoms in total. The Morgan fingerprint density at radius 3 is 2.82 bits per heavy atom. The van der Waals surface area contributed by atoms with Crippen molar-refractivity contribution in [2.24, 2.45) is 0 Å². The summed E-state index contributed by atoms with van der Waals surface area (Å²) in [5.74, 6) is 1.05. The van der Waals surface area contributed by atoms with Gasteiger partial charge in [0.05, 0.1) is 6.26 Å². The third-order valence-electron chi connectivity index (χ3n) is 2.80. The van der Waals surface area contributed by atoms with Crippen molar-refractivity contribution in [1.29, 1.82) is 0 Å². The van der Waals surface area contributed by atoms with Crippen molar-refractivity contribution in [2.45, 2.75) is 31.5 Å². The van der Waals surface area contributed by atoms with E-state index in [1.165, 1.54) is 11.1 Å². The van der Waals surface area contributed by atoms with Gasteiger partial charge in [-0.25, -0.2) is 0 Å². The van der Waals surface area contributed by atoms with Crippen LogP contribution in [0.4, 0.5) is 0 Å². The fourth-order valence-electron chi connectivity index (χ4n) is 1.83. The zero-order chi connectivity index (χ0) is 12.3. The molecule has 0 saturated heterocycles. The van der Waals surface area contributed by atoms with Crippen LogP contribution in [0.15, 0.2) is 35.1 Å². The van der Waals surface area contributed by atoms with Crippen LogP contribution < -0.4 is 0 Å². The van der Waals surface area contributed by atoms with Crippen molar-refractivity contribution in [1.82, 2.24) is 4.98 Å². The van der Waals surface area contributed by atoms with Crippen molar-refractivity contribution < 1.29 is 4.42 Å². The molecule has 1 atom stereocenters. The standard InChI is InChI=1S/C14H16BrNO/c1-3-14-12(6-7-17-14)13(15)8-11-5-4-10(2)9-16-11/h4-7,9,13H,3,8H2,1-2H3. The molecule has 0 aliphatic heterocycles. The van der Waals surface area contributed by atoms with Crippen molar-refractivity contribution in [3.63, 3.8) is 0 Å². The highest BCUT2D eigenvalue weighted by atomic mass is 79.9. The number of aryl methyl sites for hydroxylation is 2. The molecule has 0 aliphatic carbocycles. The Morgan fingerprint density at radius 2 is 2.18 bits per heavy atom. The number of pyridine rings is 1. The molecule has 0 fully saturated rings. The number of alkyl halides is 1. The van der Waals surface area contributed by atoms with Crippen molar-refractivity contribution in [3.05, 3.63) is 53.2 Å². The number of furan rings is 1. The quantitative estimate of drug-likeness (QED) is 0.789. The Hall–Kier alpha value is -1.09. The van der Waals surface area contributed by atoms with Crippen LogP contribution in [0.3, 0.4) is 0 Å². The van der Waals surface area contributed by atoms with E-state index < -0.39 is 0 Å². The van der Waals surface area contributed by atoms with E-state index in [2.05, 4.69) is 40.0 Å². The van der Waals surface area contributed by atoms with Gasteiger partial charge in [-0.05, 0) is 24.6 Å². The minimum absolute atomic E-state index is 0.270. The summed E-state index contributed by atoms with van der Waals surface area (Å²) < 4.78 is 5.44. The van der Waals surface area contributed by atoms with Crippen LogP contribution in [0.25, 0.3) is 0 Å². The number of hydrogen-bond donors (Lipinski definition) is 0. The maximum absolute atomic E-state index is 5.44. The third-order valence-corrected chi connectivity index (χ3v) is 3.62. The molecule has 2 rings (SSSR count). The van der Waals surface area contributed by atoms with E-state index in [-0.39, 0.29) is 4.83 Å². The zero-order valence-electron chi connectivity index (χ0n) is 10.1. The molecule has 0 N–H and O–H groups in total. The Kier molecular flexibility index (Phi) is 4.00. The number of halogens is 1. The van der Waals surface area contributed by atoms with Gasteiger partial charge in [0.25, 0.3) is 0 Å². The Morgan fingerprint density at radius 1 is 1.35 bits per heavy atom. The molecule has 0 spiro atoms. The zero-order valence-corrected chi connectivity index (χ0v) is 11.7. The van der Waals surface area contributed by atoms with Crippen molar-refractivity contribution in [2.75, 3.05) is 0 Å². The monoisotopic (exact) mass is 293 g/mol. The van der Waals surface area contributed by atoms with Crippen molar-refractivity contribution >= 4 is 15.9 Å². The number of rotatable bonds is 4. The number of aromatic nitrogens is 1. The van der Waals surface area contributed by atoms with E-state index in [4.69, 9.17) is 4.42 Å². The van der Waals surface area contributed by atoms with Crippen LogP contribution in [0.5, 0.6) is 0 Å². The first-order valence-electron chi connectivity index (χ1n) is 5.82. The summed E-state index contributed by atoms with van der Waals surface area (Å²) >= 11 is 3.71. The first-order chi connectivity index (χ1) is 8.20. The minimum atomic E-state index is 0.270. The second-order valence-electron chi connectivity index (χ2n) is 4.15. The third kappa shape index (κ3) is 2.97. The molecule has 17 heavy (non-hydrogen) atoms. The van der Waals surface area contributed by atoms with Crippen LogP contribution in [0.2, 0.25) is 0 Å². The second kappa shape index (κ2) is 5.50. The molecule has 0 amide bonds. The highest BCUT2D eigenvalue weighted by molar-refractivity contribution is 9.09. The van der Waals surface area contributed by atoms with E-state index >= 15 is 0 Å². The lowest BCUT2D eigenvalue weighted by Gasteiger charge is -2.09. The average Bonchev–Trinajstić information content (AvgIpc) is 2.80. The highest BCUT2D eigenvalue weighted by Crippen LogP contribution is 2.30. The van der Waals surface area contributed by atoms with E-state index in [0.29, 0.717) is 0 Å². The van der Waals surface area contributed by atoms with Gasteiger partial charge in [0.2, 0.25) is 0 Å². The van der Waals surface area contributed by atoms with E-state index in [0.717, 1.165) is 24.3 Å². The summed E-state index contributed by atoms with van der Waals surface area (Å²) in [4.78, 5) is 4.69. The van der Waals surface area contributed by atoms with Crippen LogP contribution in [-0.2, 0) is 12.8 Å². The first kappa shape index (κ1) is 12.4. The number of nitrogens with zero attached hydrogens (tertiary/aromatic N) is 1. The summed E-state index contributed by atoms with van der Waals surface area (Å²) in [6, 6.07) is 6.21. The Balaban J connectivity index is 2.11. The molecule has 2 aromatic heterocycles. The van der Waals surface area contributed by atoms with Crippen LogP contribution in [-0.4, -0.2) is 4.98 Å². The summed E-state index contributed by atoms with van der Waals surface area (Å²) in [7, 11) is 0. The fourth-order valence-corrected chi connectivity index (χ4v) is 2.57. The maximum Gasteiger partial charge on any atom is 0.107 e. The van der Waals surface area contributed by atoms with E-state index in [9.17, 15) is 0 Å². The smallest absolute Gasteiger partial charge is 0.107 e. The predicted molar refractivity (Wildman–Crippen MR) is 72.4 cm³/mol. The molecule has 2 heterocycles. The largest absolute Gasteiger partial charge is 0.469 e. The Bertz CT molecular complexity index is 475. The molecular weight excluding hydrogens is 278 g/mol. The lowest BCUT2D eigenvalue weighted by molar-refractivity contribution is 0.511. The SMILES string of the molecule is CCc1occc1C(Br)Cc1ccc(C)cn1. The lowest BCUT2D eigenvalue weighted by atomic mass is 10.1. The van der Waals surface area contributed by atoms with Crippen LogP contribution >= 0.6 is 15.9 Å². The topological polar surface area (TPSA) is 26.0 Å². The van der Waals surface area contributed by atoms with Gasteiger partial charge in [0.15, 0.2) is 0 Å². The van der Waals surface area contributed by atoms with Gasteiger partial charge in [-0.1, -0.05) is 28.9 Å². The maximum atomic E-state index is 5.44. The predicted octanol–water partition coefficient (Wildman–Crippen LogP) is 4.22. The normalized spacial score (nSPS) is 12.6. The number of hydrogen-bond acceptors (Lipinski definition) is 2. The molecule has 0 aliphatic rings. The van der Waals surface area contributed by atoms with Gasteiger partial charge in [0, 0.05) is 35.1 Å². The van der Waals surface area contributed by atoms with Gasteiger partial charge in [0.1, 0.15) is 5.76 Å². The molecule has 0 saturated carbocycles. The van der Waals surface area contributed by atoms with Gasteiger partial charge >= 0.3 is 0 Å². The Labute approximate surface area is 110 Å². The molecule has 90 valence electrons. The second-order valence-corrected chi connectivity index (χ2v) is 5.26. The summed E-state index contributed by atoms with van der Waals surface area (Å²) in [6.45, 7) is 4.15. The van der Waals surface area contributed by atoms with Crippen LogP contribution in [0.1, 0.15) is 34.3 Å². The lowest BCUT2D eigenvalue weighted by Crippen LogP contribution is -1.99. The molecule has 2 aromatic rings. The van der Waals surface area contributed by atoms with E-state index in [1.807, 2.05) is 19.2 Å². The minimum Gasteiger partial charge on any atom is -0.469 e. The molecule has 3 heteroatoms. The van der Waals surface area contributed by atoms with E-state index in [1.54, 1.807) is 6.26 Å². The summed E-state index contributed by atoms with van der Waals surface area (Å²) in [5, 5.41) is 0. The van der Waals surface area contributed by atoms with Crippen molar-refractivity contribution in [3.8, 4) is 0 Å². The average molecular weight is 294 g/mol. The molecule has 0 bridgehead atoms.